The lowest BCUT2D eigenvalue weighted by molar-refractivity contribution is -0.174. The molecule has 0 bridgehead atoms. The van der Waals surface area contributed by atoms with Gasteiger partial charge in [-0.25, -0.2) is 4.79 Å². The number of benzene rings is 3. The number of methoxy groups -OCH3 is 1. The molecule has 0 saturated carbocycles. The van der Waals surface area contributed by atoms with Gasteiger partial charge in [-0.3, -0.25) is 14.9 Å². The van der Waals surface area contributed by atoms with E-state index in [0.717, 1.165) is 31.7 Å². The Morgan fingerprint density at radius 1 is 0.720 bits per heavy atom. The minimum absolute atomic E-state index is 0.00178. The fraction of sp³-hybridized carbons (Fsp3) is 0.364. The van der Waals surface area contributed by atoms with Crippen LogP contribution in [0.1, 0.15) is 76.9 Å². The average Bonchev–Trinajstić information content (AvgIpc) is 3.03. The summed E-state index contributed by atoms with van der Waals surface area (Å²) in [6.45, 7) is 4.13. The number of urea groups is 1. The number of unbranched alkanes of at least 4 members (excludes halogenated alkanes) is 1. The largest absolute Gasteiger partial charge is 0.496 e. The third-order valence-electron chi connectivity index (χ3n) is 7.37. The van der Waals surface area contributed by atoms with Crippen LogP contribution in [0.3, 0.4) is 0 Å². The molecule has 0 aliphatic carbocycles. The number of alkyl halides is 9. The summed E-state index contributed by atoms with van der Waals surface area (Å²) < 4.78 is 132. The van der Waals surface area contributed by atoms with Gasteiger partial charge < -0.3 is 20.1 Å². The van der Waals surface area contributed by atoms with Crippen molar-refractivity contribution >= 4 is 29.2 Å². The molecular formula is C33H32F9N3O5. The van der Waals surface area contributed by atoms with Gasteiger partial charge in [0.25, 0.3) is 11.8 Å². The lowest BCUT2D eigenvalue weighted by Gasteiger charge is -2.22. The van der Waals surface area contributed by atoms with E-state index >= 15 is 0 Å². The van der Waals surface area contributed by atoms with Crippen LogP contribution in [0.2, 0.25) is 0 Å². The monoisotopic (exact) mass is 721 g/mol. The molecule has 8 nitrogen and oxygen atoms in total. The van der Waals surface area contributed by atoms with E-state index in [-0.39, 0.29) is 53.0 Å². The first-order valence-electron chi connectivity index (χ1n) is 15.0. The predicted molar refractivity (Wildman–Crippen MR) is 164 cm³/mol. The highest BCUT2D eigenvalue weighted by molar-refractivity contribution is 6.13. The molecule has 3 aromatic rings. The Morgan fingerprint density at radius 3 is 1.84 bits per heavy atom. The zero-order valence-electron chi connectivity index (χ0n) is 26.8. The van der Waals surface area contributed by atoms with E-state index in [4.69, 9.17) is 9.47 Å². The van der Waals surface area contributed by atoms with Gasteiger partial charge in [-0.1, -0.05) is 45.2 Å². The van der Waals surface area contributed by atoms with Crippen molar-refractivity contribution in [2.24, 2.45) is 5.92 Å². The molecule has 0 radical (unpaired) electrons. The molecule has 0 fully saturated rings. The van der Waals surface area contributed by atoms with Crippen molar-refractivity contribution in [3.63, 3.8) is 0 Å². The van der Waals surface area contributed by atoms with E-state index in [1.165, 1.54) is 37.4 Å². The quantitative estimate of drug-likeness (QED) is 0.128. The molecule has 272 valence electrons. The summed E-state index contributed by atoms with van der Waals surface area (Å²) in [4.78, 5) is 39.0. The predicted octanol–water partition coefficient (Wildman–Crippen LogP) is 9.56. The van der Waals surface area contributed by atoms with Crippen molar-refractivity contribution in [3.05, 3.63) is 82.4 Å². The van der Waals surface area contributed by atoms with Gasteiger partial charge in [-0.2, -0.15) is 39.5 Å². The first kappa shape index (κ1) is 39.5. The smallest absolute Gasteiger partial charge is 0.417 e. The molecule has 3 rings (SSSR count). The lowest BCUT2D eigenvalue weighted by atomic mass is 9.98. The van der Waals surface area contributed by atoms with Crippen molar-refractivity contribution in [1.29, 1.82) is 0 Å². The molecule has 0 aromatic heterocycles. The van der Waals surface area contributed by atoms with Crippen LogP contribution >= 0.6 is 0 Å². The highest BCUT2D eigenvalue weighted by atomic mass is 19.4. The highest BCUT2D eigenvalue weighted by Crippen LogP contribution is 2.48. The number of rotatable bonds is 12. The number of nitrogens with one attached hydrogen (secondary N) is 3. The number of carbonyl (C=O) groups excluding carboxylic acids is 3. The molecule has 0 aliphatic heterocycles. The molecule has 3 N–H and O–H groups in total. The first-order valence-corrected chi connectivity index (χ1v) is 15.0. The summed E-state index contributed by atoms with van der Waals surface area (Å²) in [6.07, 6.45) is -14.4. The maximum absolute atomic E-state index is 13.5. The van der Waals surface area contributed by atoms with E-state index < -0.39 is 58.8 Å². The fourth-order valence-corrected chi connectivity index (χ4v) is 4.85. The van der Waals surface area contributed by atoms with Crippen LogP contribution in [0, 0.1) is 5.92 Å². The van der Waals surface area contributed by atoms with Crippen molar-refractivity contribution in [2.45, 2.75) is 58.1 Å². The van der Waals surface area contributed by atoms with Crippen molar-refractivity contribution in [3.8, 4) is 11.5 Å². The molecule has 17 heteroatoms. The van der Waals surface area contributed by atoms with Crippen LogP contribution in [0.15, 0.2) is 54.6 Å². The lowest BCUT2D eigenvalue weighted by Crippen LogP contribution is -2.31. The van der Waals surface area contributed by atoms with Gasteiger partial charge in [0, 0.05) is 11.4 Å². The van der Waals surface area contributed by atoms with Crippen LogP contribution < -0.4 is 25.4 Å². The third-order valence-corrected chi connectivity index (χ3v) is 7.37. The summed E-state index contributed by atoms with van der Waals surface area (Å²) in [7, 11) is 1.31. The van der Waals surface area contributed by atoms with E-state index in [1.54, 1.807) is 11.4 Å². The fourth-order valence-electron chi connectivity index (χ4n) is 4.85. The second-order valence-electron chi connectivity index (χ2n) is 10.9. The number of amides is 4. The summed E-state index contributed by atoms with van der Waals surface area (Å²) in [5, 5.41) is 5.95. The minimum atomic E-state index is -6.04. The Balaban J connectivity index is 1.96. The van der Waals surface area contributed by atoms with Crippen LogP contribution in [-0.4, -0.2) is 31.6 Å². The first-order chi connectivity index (χ1) is 23.3. The molecule has 3 aromatic carbocycles. The Hall–Kier alpha value is -4.96. The zero-order chi connectivity index (χ0) is 37.4. The van der Waals surface area contributed by atoms with E-state index in [9.17, 15) is 53.9 Å². The summed E-state index contributed by atoms with van der Waals surface area (Å²) in [5.41, 5.74) is -10.1. The summed E-state index contributed by atoms with van der Waals surface area (Å²) >= 11 is 0. The number of halogens is 9. The van der Waals surface area contributed by atoms with Crippen molar-refractivity contribution < 1.29 is 63.4 Å². The van der Waals surface area contributed by atoms with Gasteiger partial charge in [0.2, 0.25) is 0 Å². The number of hydrogen-bond donors (Lipinski definition) is 3. The van der Waals surface area contributed by atoms with Gasteiger partial charge in [0.15, 0.2) is 0 Å². The van der Waals surface area contributed by atoms with E-state index in [2.05, 4.69) is 10.6 Å². The standard InChI is InChI=1S/C33H32F9N3O5/c1-4-6-9-18(5-2)17-50-26-13-12-19(14-22(26)29(47)45-28(46)21-10-7-8-11-25(21)49-3)43-30(48)44-20-15-23(31(34,35)36)27(33(40,41)42)24(16-20)32(37,38)39/h7-8,10-16,18H,4-6,9,17H2,1-3H3,(H2,43,44,48)(H,45,46,47). The second-order valence-corrected chi connectivity index (χ2v) is 10.9. The zero-order valence-corrected chi connectivity index (χ0v) is 26.8. The molecule has 50 heavy (non-hydrogen) atoms. The average molecular weight is 722 g/mol. The third kappa shape index (κ3) is 10.3. The van der Waals surface area contributed by atoms with Gasteiger partial charge >= 0.3 is 24.6 Å². The molecule has 0 saturated heterocycles. The molecule has 1 atom stereocenters. The molecule has 4 amide bonds. The number of ether oxygens (including phenoxy) is 2. The normalized spacial score (nSPS) is 12.6. The number of para-hydroxylation sites is 1. The Bertz CT molecular complexity index is 1650. The summed E-state index contributed by atoms with van der Waals surface area (Å²) in [5.74, 6) is -1.66. The van der Waals surface area contributed by atoms with Crippen molar-refractivity contribution in [2.75, 3.05) is 24.4 Å². The Morgan fingerprint density at radius 2 is 1.30 bits per heavy atom. The van der Waals surface area contributed by atoms with Crippen LogP contribution in [0.4, 0.5) is 55.7 Å². The SMILES string of the molecule is CCCCC(CC)COc1ccc(NC(=O)Nc2cc(C(F)(F)F)c(C(F)(F)F)c(C(F)(F)F)c2)cc1C(=O)NC(=O)c1ccccc1OC. The topological polar surface area (TPSA) is 106 Å². The van der Waals surface area contributed by atoms with Gasteiger partial charge in [0.1, 0.15) is 11.5 Å². The van der Waals surface area contributed by atoms with E-state index in [1.807, 2.05) is 13.8 Å². The maximum Gasteiger partial charge on any atom is 0.417 e. The number of anilines is 2. The number of hydrogen-bond acceptors (Lipinski definition) is 5. The Kier molecular flexibility index (Phi) is 12.8. The van der Waals surface area contributed by atoms with Crippen LogP contribution in [0.25, 0.3) is 0 Å². The molecule has 0 aliphatic rings. The van der Waals surface area contributed by atoms with Crippen LogP contribution in [-0.2, 0) is 18.5 Å². The van der Waals surface area contributed by atoms with Crippen molar-refractivity contribution in [1.82, 2.24) is 5.32 Å². The second kappa shape index (κ2) is 16.2. The van der Waals surface area contributed by atoms with E-state index in [0.29, 0.717) is 0 Å². The molecule has 0 spiro atoms. The summed E-state index contributed by atoms with van der Waals surface area (Å²) in [6, 6.07) is 7.41. The maximum atomic E-state index is 13.5. The van der Waals surface area contributed by atoms with Gasteiger partial charge in [-0.15, -0.1) is 0 Å². The van der Waals surface area contributed by atoms with Gasteiger partial charge in [-0.05, 0) is 54.8 Å². The highest BCUT2D eigenvalue weighted by Gasteiger charge is 2.50. The molecule has 1 unspecified atom stereocenters. The Labute approximate surface area is 280 Å². The van der Waals surface area contributed by atoms with Gasteiger partial charge in [0.05, 0.1) is 41.5 Å². The number of imide groups is 1. The van der Waals surface area contributed by atoms with Crippen LogP contribution in [0.5, 0.6) is 11.5 Å². The minimum Gasteiger partial charge on any atom is -0.496 e. The molecular weight excluding hydrogens is 689 g/mol. The number of carbonyl (C=O) groups is 3. The molecule has 0 heterocycles.